The van der Waals surface area contributed by atoms with Gasteiger partial charge in [-0.2, -0.15) is 0 Å². The molecule has 0 spiro atoms. The smallest absolute Gasteiger partial charge is 0.116 e. The van der Waals surface area contributed by atoms with Gasteiger partial charge in [-0.05, 0) is 37.1 Å². The molecule has 21 heavy (non-hydrogen) atoms. The molecule has 1 fully saturated rings. The Kier molecular flexibility index (Phi) is 3.56. The lowest BCUT2D eigenvalue weighted by atomic mass is 9.89. The van der Waals surface area contributed by atoms with E-state index in [1.54, 1.807) is 0 Å². The maximum Gasteiger partial charge on any atom is 0.116 e. The van der Waals surface area contributed by atoms with Crippen molar-refractivity contribution in [1.82, 2.24) is 0 Å². The molecule has 2 nitrogen and oxygen atoms in total. The molecule has 1 saturated heterocycles. The first-order valence-electron chi connectivity index (χ1n) is 7.34. The number of hydrogen-bond acceptors (Lipinski definition) is 2. The molecule has 3 rings (SSSR count). The summed E-state index contributed by atoms with van der Waals surface area (Å²) in [5.41, 5.74) is 3.08. The third-order valence-corrected chi connectivity index (χ3v) is 4.26. The first-order valence-corrected chi connectivity index (χ1v) is 7.34. The van der Waals surface area contributed by atoms with E-state index >= 15 is 0 Å². The molecule has 0 aliphatic carbocycles. The Morgan fingerprint density at radius 1 is 1.10 bits per heavy atom. The van der Waals surface area contributed by atoms with Crippen LogP contribution in [0.3, 0.4) is 0 Å². The van der Waals surface area contributed by atoms with E-state index in [0.29, 0.717) is 0 Å². The predicted molar refractivity (Wildman–Crippen MR) is 87.0 cm³/mol. The number of anilines is 1. The zero-order valence-electron chi connectivity index (χ0n) is 12.6. The molecule has 0 amide bonds. The molecule has 0 N–H and O–H groups in total. The summed E-state index contributed by atoms with van der Waals surface area (Å²) in [5.74, 6) is 0. The van der Waals surface area contributed by atoms with Crippen molar-refractivity contribution in [1.29, 1.82) is 0 Å². The van der Waals surface area contributed by atoms with E-state index in [4.69, 9.17) is 4.84 Å². The summed E-state index contributed by atoms with van der Waals surface area (Å²) in [6.07, 6.45) is 0.904. The van der Waals surface area contributed by atoms with Crippen LogP contribution < -0.4 is 5.06 Å². The summed E-state index contributed by atoms with van der Waals surface area (Å²) in [6, 6.07) is 21.0. The first kappa shape index (κ1) is 13.9. The van der Waals surface area contributed by atoms with Gasteiger partial charge in [-0.3, -0.25) is 4.84 Å². The molecule has 0 saturated carbocycles. The molecular weight excluding hydrogens is 258 g/mol. The zero-order chi connectivity index (χ0) is 14.9. The molecule has 0 radical (unpaired) electrons. The minimum absolute atomic E-state index is 0.204. The highest BCUT2D eigenvalue weighted by Crippen LogP contribution is 2.45. The van der Waals surface area contributed by atoms with E-state index in [2.05, 4.69) is 49.9 Å². The fourth-order valence-electron chi connectivity index (χ4n) is 2.76. The summed E-state index contributed by atoms with van der Waals surface area (Å²) in [4.78, 5) is 6.30. The molecule has 0 unspecified atom stereocenters. The topological polar surface area (TPSA) is 12.5 Å². The van der Waals surface area contributed by atoms with Crippen molar-refractivity contribution in [3.8, 4) is 0 Å². The van der Waals surface area contributed by atoms with Crippen molar-refractivity contribution in [2.75, 3.05) is 5.06 Å². The van der Waals surface area contributed by atoms with Gasteiger partial charge in [-0.15, -0.1) is 0 Å². The van der Waals surface area contributed by atoms with Crippen LogP contribution in [0.5, 0.6) is 0 Å². The predicted octanol–water partition coefficient (Wildman–Crippen LogP) is 4.90. The van der Waals surface area contributed by atoms with Gasteiger partial charge >= 0.3 is 0 Å². The minimum atomic E-state index is -0.323. The van der Waals surface area contributed by atoms with Crippen LogP contribution in [0.25, 0.3) is 0 Å². The average Bonchev–Trinajstić information content (AvgIpc) is 2.89. The van der Waals surface area contributed by atoms with Crippen LogP contribution in [0.15, 0.2) is 72.8 Å². The van der Waals surface area contributed by atoms with Gasteiger partial charge in [0.05, 0.1) is 11.7 Å². The molecule has 2 aromatic carbocycles. The Bertz CT molecular complexity index is 573. The molecule has 108 valence electrons. The number of rotatable bonds is 3. The van der Waals surface area contributed by atoms with E-state index in [1.807, 2.05) is 36.3 Å². The quantitative estimate of drug-likeness (QED) is 0.741. The van der Waals surface area contributed by atoms with E-state index in [1.165, 1.54) is 5.56 Å². The van der Waals surface area contributed by atoms with Crippen LogP contribution in [0.1, 0.15) is 31.9 Å². The highest BCUT2D eigenvalue weighted by molar-refractivity contribution is 5.48. The molecule has 1 aliphatic heterocycles. The molecule has 1 heterocycles. The van der Waals surface area contributed by atoms with Crippen molar-refractivity contribution < 1.29 is 4.84 Å². The van der Waals surface area contributed by atoms with Gasteiger partial charge < -0.3 is 0 Å². The summed E-state index contributed by atoms with van der Waals surface area (Å²) < 4.78 is 0. The van der Waals surface area contributed by atoms with Gasteiger partial charge in [-0.1, -0.05) is 55.1 Å². The fraction of sp³-hybridized carbons (Fsp3) is 0.263. The van der Waals surface area contributed by atoms with E-state index < -0.39 is 0 Å². The van der Waals surface area contributed by atoms with Gasteiger partial charge in [0.2, 0.25) is 0 Å². The second-order valence-electron chi connectivity index (χ2n) is 5.89. The molecule has 2 heteroatoms. The van der Waals surface area contributed by atoms with Crippen molar-refractivity contribution in [3.05, 3.63) is 78.4 Å². The van der Waals surface area contributed by atoms with Gasteiger partial charge in [0.15, 0.2) is 0 Å². The number of para-hydroxylation sites is 1. The Balaban J connectivity index is 2.01. The second kappa shape index (κ2) is 5.38. The lowest BCUT2D eigenvalue weighted by Gasteiger charge is -2.27. The molecule has 2 atom stereocenters. The third kappa shape index (κ3) is 2.59. The van der Waals surface area contributed by atoms with Crippen LogP contribution in [0.2, 0.25) is 0 Å². The Labute approximate surface area is 126 Å². The standard InChI is InChI=1S/C19H21NO/c1-15(2)19(3)14-18(16-10-6-4-7-11-16)20(21-19)17-12-8-5-9-13-17/h4-13,18H,1,14H2,2-3H3/t18-,19-/m0/s1. The van der Waals surface area contributed by atoms with Gasteiger partial charge in [0, 0.05) is 6.42 Å². The third-order valence-electron chi connectivity index (χ3n) is 4.26. The number of nitrogens with zero attached hydrogens (tertiary/aromatic N) is 1. The Morgan fingerprint density at radius 2 is 1.67 bits per heavy atom. The highest BCUT2D eigenvalue weighted by Gasteiger charge is 2.43. The van der Waals surface area contributed by atoms with E-state index in [0.717, 1.165) is 17.7 Å². The van der Waals surface area contributed by atoms with Gasteiger partial charge in [-0.25, -0.2) is 5.06 Å². The fourth-order valence-corrected chi connectivity index (χ4v) is 2.76. The van der Waals surface area contributed by atoms with Crippen LogP contribution in [0.4, 0.5) is 5.69 Å². The van der Waals surface area contributed by atoms with Crippen LogP contribution >= 0.6 is 0 Å². The van der Waals surface area contributed by atoms with Crippen molar-refractivity contribution in [2.45, 2.75) is 31.9 Å². The van der Waals surface area contributed by atoms with E-state index in [-0.39, 0.29) is 11.6 Å². The monoisotopic (exact) mass is 279 g/mol. The number of benzene rings is 2. The van der Waals surface area contributed by atoms with Gasteiger partial charge in [0.25, 0.3) is 0 Å². The normalized spacial score (nSPS) is 25.0. The lowest BCUT2D eigenvalue weighted by molar-refractivity contribution is 0.0299. The van der Waals surface area contributed by atoms with Crippen molar-refractivity contribution in [3.63, 3.8) is 0 Å². The molecule has 1 aliphatic rings. The zero-order valence-corrected chi connectivity index (χ0v) is 12.6. The summed E-state index contributed by atoms with van der Waals surface area (Å²) in [5, 5.41) is 2.03. The van der Waals surface area contributed by atoms with E-state index in [9.17, 15) is 0 Å². The summed E-state index contributed by atoms with van der Waals surface area (Å²) in [7, 11) is 0. The van der Waals surface area contributed by atoms with Crippen LogP contribution in [-0.2, 0) is 4.84 Å². The molecule has 0 aromatic heterocycles. The van der Waals surface area contributed by atoms with Crippen LogP contribution in [0, 0.1) is 0 Å². The first-order chi connectivity index (χ1) is 10.1. The Morgan fingerprint density at radius 3 is 2.24 bits per heavy atom. The van der Waals surface area contributed by atoms with Crippen LogP contribution in [-0.4, -0.2) is 5.60 Å². The Hall–Kier alpha value is -2.06. The van der Waals surface area contributed by atoms with Crippen molar-refractivity contribution >= 4 is 5.69 Å². The summed E-state index contributed by atoms with van der Waals surface area (Å²) >= 11 is 0. The maximum absolute atomic E-state index is 6.30. The highest BCUT2D eigenvalue weighted by atomic mass is 16.7. The van der Waals surface area contributed by atoms with Crippen molar-refractivity contribution in [2.24, 2.45) is 0 Å². The second-order valence-corrected chi connectivity index (χ2v) is 5.89. The molecular formula is C19H21NO. The molecule has 0 bridgehead atoms. The van der Waals surface area contributed by atoms with Gasteiger partial charge in [0.1, 0.15) is 5.60 Å². The minimum Gasteiger partial charge on any atom is -0.262 e. The number of hydroxylamine groups is 1. The summed E-state index contributed by atoms with van der Waals surface area (Å²) in [6.45, 7) is 8.27. The lowest BCUT2D eigenvalue weighted by Crippen LogP contribution is -2.28. The largest absolute Gasteiger partial charge is 0.262 e. The molecule has 2 aromatic rings. The number of hydrogen-bond donors (Lipinski definition) is 0. The maximum atomic E-state index is 6.30. The average molecular weight is 279 g/mol. The SMILES string of the molecule is C=C(C)[C@]1(C)C[C@@H](c2ccccc2)N(c2ccccc2)O1.